The molecule has 1 amide bonds. The van der Waals surface area contributed by atoms with Gasteiger partial charge in [-0.2, -0.15) is 0 Å². The molecular formula is C39H31F4N3O4. The summed E-state index contributed by atoms with van der Waals surface area (Å²) in [6.07, 6.45) is 1.47. The number of ketones is 1. The molecule has 6 rings (SSSR count). The van der Waals surface area contributed by atoms with Crippen LogP contribution in [0.4, 0.5) is 23.2 Å². The van der Waals surface area contributed by atoms with Crippen molar-refractivity contribution in [3.63, 3.8) is 0 Å². The van der Waals surface area contributed by atoms with E-state index < -0.39 is 58.3 Å². The molecule has 0 spiro atoms. The predicted molar refractivity (Wildman–Crippen MR) is 182 cm³/mol. The Kier molecular flexibility index (Phi) is 9.94. The van der Waals surface area contributed by atoms with Crippen LogP contribution in [-0.2, 0) is 22.6 Å². The first-order valence-corrected chi connectivity index (χ1v) is 15.8. The summed E-state index contributed by atoms with van der Waals surface area (Å²) in [6.45, 7) is 1.07. The number of piperazine rings is 1. The standard InChI is InChI=1S/C39H31F4N3O4/c40-30-20-29(37(43)34(42)21-30)18-25-19-32(38(49)46(23-25)24-28-8-4-5-9-33(28)41)35(47)22-36(48)39(50)45-16-14-44(15-17-45)31-12-10-27(11-13-31)26-6-2-1-3-7-26/h1-13,19-23,47H,14-18,24H2/b35-22+. The number of carbonyl (C=O) groups is 2. The van der Waals surface area contributed by atoms with E-state index in [-0.39, 0.29) is 36.3 Å². The Morgan fingerprint density at radius 3 is 2.10 bits per heavy atom. The van der Waals surface area contributed by atoms with Crippen molar-refractivity contribution in [1.29, 1.82) is 0 Å². The third kappa shape index (κ3) is 7.52. The average Bonchev–Trinajstić information content (AvgIpc) is 3.12. The summed E-state index contributed by atoms with van der Waals surface area (Å²) in [7, 11) is 0. The van der Waals surface area contributed by atoms with Gasteiger partial charge in [-0.3, -0.25) is 14.4 Å². The second-order valence-electron chi connectivity index (χ2n) is 11.9. The van der Waals surface area contributed by atoms with E-state index in [2.05, 4.69) is 4.90 Å². The van der Waals surface area contributed by atoms with Gasteiger partial charge in [0.15, 0.2) is 11.6 Å². The van der Waals surface area contributed by atoms with E-state index in [1.165, 1.54) is 29.3 Å². The van der Waals surface area contributed by atoms with E-state index in [1.807, 2.05) is 54.6 Å². The molecule has 5 aromatic rings. The number of halogens is 4. The smallest absolute Gasteiger partial charge is 0.294 e. The molecule has 1 N–H and O–H groups in total. The zero-order valence-electron chi connectivity index (χ0n) is 26.7. The Morgan fingerprint density at radius 2 is 1.40 bits per heavy atom. The van der Waals surface area contributed by atoms with Crippen LogP contribution in [0.2, 0.25) is 0 Å². The first-order valence-electron chi connectivity index (χ1n) is 15.8. The summed E-state index contributed by atoms with van der Waals surface area (Å²) in [5.41, 5.74) is 1.70. The number of pyridine rings is 1. The fourth-order valence-electron chi connectivity index (χ4n) is 5.95. The van der Waals surface area contributed by atoms with Crippen molar-refractivity contribution in [3.8, 4) is 11.1 Å². The van der Waals surface area contributed by atoms with Crippen LogP contribution in [0.5, 0.6) is 0 Å². The molecule has 0 aliphatic carbocycles. The van der Waals surface area contributed by atoms with Crippen molar-refractivity contribution >= 4 is 23.1 Å². The monoisotopic (exact) mass is 681 g/mol. The zero-order valence-corrected chi connectivity index (χ0v) is 26.7. The SMILES string of the molecule is O=C(/C=C(/O)c1cc(Cc2cc(F)cc(F)c2F)cn(Cc2ccccc2F)c1=O)C(=O)N1CCN(c2ccc(-c3ccccc3)cc2)CC1. The van der Waals surface area contributed by atoms with E-state index in [0.717, 1.165) is 33.5 Å². The van der Waals surface area contributed by atoms with Crippen LogP contribution in [0.1, 0.15) is 22.3 Å². The number of aliphatic hydroxyl groups excluding tert-OH is 1. The number of rotatable bonds is 9. The first-order chi connectivity index (χ1) is 24.1. The minimum absolute atomic E-state index is 0.113. The third-order valence-corrected chi connectivity index (χ3v) is 8.57. The summed E-state index contributed by atoms with van der Waals surface area (Å²) >= 11 is 0. The lowest BCUT2D eigenvalue weighted by Crippen LogP contribution is -2.50. The van der Waals surface area contributed by atoms with E-state index in [0.29, 0.717) is 25.2 Å². The van der Waals surface area contributed by atoms with Crippen molar-refractivity contribution in [2.24, 2.45) is 0 Å². The number of carbonyl (C=O) groups excluding carboxylic acids is 2. The summed E-state index contributed by atoms with van der Waals surface area (Å²) in [6, 6.07) is 25.9. The highest BCUT2D eigenvalue weighted by Crippen LogP contribution is 2.24. The van der Waals surface area contributed by atoms with E-state index in [4.69, 9.17) is 0 Å². The van der Waals surface area contributed by atoms with Crippen LogP contribution < -0.4 is 10.5 Å². The molecule has 0 radical (unpaired) electrons. The molecule has 1 aliphatic heterocycles. The number of anilines is 1. The minimum Gasteiger partial charge on any atom is -0.507 e. The van der Waals surface area contributed by atoms with Gasteiger partial charge in [0.2, 0.25) is 5.78 Å². The minimum atomic E-state index is -1.41. The van der Waals surface area contributed by atoms with E-state index in [1.54, 1.807) is 6.07 Å². The van der Waals surface area contributed by atoms with Crippen molar-refractivity contribution in [1.82, 2.24) is 9.47 Å². The molecule has 0 bridgehead atoms. The normalized spacial score (nSPS) is 13.4. The molecule has 1 fully saturated rings. The molecule has 1 aliphatic rings. The molecule has 0 saturated carbocycles. The highest BCUT2D eigenvalue weighted by Gasteiger charge is 2.26. The number of hydrogen-bond acceptors (Lipinski definition) is 5. The summed E-state index contributed by atoms with van der Waals surface area (Å²) in [5, 5.41) is 11.0. The van der Waals surface area contributed by atoms with Crippen molar-refractivity contribution in [2.75, 3.05) is 31.1 Å². The average molecular weight is 682 g/mol. The molecule has 2 heterocycles. The van der Waals surface area contributed by atoms with Gasteiger partial charge in [-0.05, 0) is 52.6 Å². The molecule has 254 valence electrons. The molecule has 11 heteroatoms. The molecule has 4 aromatic carbocycles. The molecule has 1 aromatic heterocycles. The number of aromatic nitrogens is 1. The van der Waals surface area contributed by atoms with E-state index in [9.17, 15) is 37.1 Å². The second-order valence-corrected chi connectivity index (χ2v) is 11.9. The highest BCUT2D eigenvalue weighted by molar-refractivity contribution is 6.41. The summed E-state index contributed by atoms with van der Waals surface area (Å²) in [5.74, 6) is -7.15. The van der Waals surface area contributed by atoms with Gasteiger partial charge in [-0.25, -0.2) is 17.6 Å². The van der Waals surface area contributed by atoms with Crippen molar-refractivity contribution in [2.45, 2.75) is 13.0 Å². The lowest BCUT2D eigenvalue weighted by molar-refractivity contribution is -0.142. The Hall–Kier alpha value is -5.97. The van der Waals surface area contributed by atoms with Crippen LogP contribution in [0.3, 0.4) is 0 Å². The van der Waals surface area contributed by atoms with Crippen LogP contribution >= 0.6 is 0 Å². The molecule has 0 atom stereocenters. The molecule has 7 nitrogen and oxygen atoms in total. The fourth-order valence-corrected chi connectivity index (χ4v) is 5.95. The van der Waals surface area contributed by atoms with Gasteiger partial charge >= 0.3 is 0 Å². The van der Waals surface area contributed by atoms with Crippen LogP contribution in [0, 0.1) is 23.3 Å². The predicted octanol–water partition coefficient (Wildman–Crippen LogP) is 6.53. The van der Waals surface area contributed by atoms with Crippen molar-refractivity contribution < 1.29 is 32.3 Å². The van der Waals surface area contributed by atoms with Gasteiger partial charge in [-0.1, -0.05) is 60.7 Å². The van der Waals surface area contributed by atoms with Gasteiger partial charge in [0.25, 0.3) is 11.5 Å². The maximum Gasteiger partial charge on any atom is 0.294 e. The topological polar surface area (TPSA) is 82.8 Å². The third-order valence-electron chi connectivity index (χ3n) is 8.57. The van der Waals surface area contributed by atoms with Crippen LogP contribution in [0.25, 0.3) is 16.9 Å². The largest absolute Gasteiger partial charge is 0.507 e. The Morgan fingerprint density at radius 1 is 0.740 bits per heavy atom. The highest BCUT2D eigenvalue weighted by atomic mass is 19.2. The zero-order chi connectivity index (χ0) is 35.4. The van der Waals surface area contributed by atoms with Crippen LogP contribution in [-0.4, -0.2) is 52.4 Å². The van der Waals surface area contributed by atoms with Gasteiger partial charge in [0.05, 0.1) is 12.1 Å². The number of aliphatic hydroxyl groups is 1. The lowest BCUT2D eigenvalue weighted by atomic mass is 10.0. The first kappa shape index (κ1) is 33.9. The fraction of sp³-hybridized carbons (Fsp3) is 0.154. The number of amides is 1. The maximum atomic E-state index is 14.5. The number of hydrogen-bond donors (Lipinski definition) is 1. The Labute approximate surface area is 285 Å². The molecular weight excluding hydrogens is 650 g/mol. The van der Waals surface area contributed by atoms with Gasteiger partial charge in [0, 0.05) is 62.2 Å². The van der Waals surface area contributed by atoms with Crippen LogP contribution in [0.15, 0.2) is 114 Å². The van der Waals surface area contributed by atoms with E-state index >= 15 is 0 Å². The Bertz CT molecular complexity index is 2140. The number of benzene rings is 4. The lowest BCUT2D eigenvalue weighted by Gasteiger charge is -2.35. The summed E-state index contributed by atoms with van der Waals surface area (Å²) in [4.78, 5) is 43.1. The quantitative estimate of drug-likeness (QED) is 0.0630. The maximum absolute atomic E-state index is 14.5. The molecule has 0 unspecified atom stereocenters. The second kappa shape index (κ2) is 14.7. The van der Waals surface area contributed by atoms with Gasteiger partial charge in [0.1, 0.15) is 17.4 Å². The Balaban J connectivity index is 1.20. The van der Waals surface area contributed by atoms with Gasteiger partial charge in [-0.15, -0.1) is 0 Å². The molecule has 1 saturated heterocycles. The molecule has 50 heavy (non-hydrogen) atoms. The van der Waals surface area contributed by atoms with Crippen molar-refractivity contribution in [3.05, 3.63) is 165 Å². The van der Waals surface area contributed by atoms with Gasteiger partial charge < -0.3 is 19.5 Å². The number of nitrogens with zero attached hydrogens (tertiary/aromatic N) is 3. The summed E-state index contributed by atoms with van der Waals surface area (Å²) < 4.78 is 57.9.